The predicted molar refractivity (Wildman–Crippen MR) is 104 cm³/mol. The molecule has 1 aromatic heterocycles. The number of oxime groups is 1. The molecule has 1 aromatic rings. The Morgan fingerprint density at radius 3 is 2.90 bits per heavy atom. The summed E-state index contributed by atoms with van der Waals surface area (Å²) in [5, 5.41) is 18.6. The van der Waals surface area contributed by atoms with Gasteiger partial charge in [0.25, 0.3) is 17.7 Å². The summed E-state index contributed by atoms with van der Waals surface area (Å²) >= 11 is 2.29. The number of nitrogens with two attached hydrogens (primary N) is 1. The predicted octanol–water partition coefficient (Wildman–Crippen LogP) is -1.71. The molecule has 2 aliphatic heterocycles. The maximum atomic E-state index is 12.8. The number of carboxylic acids is 1. The Balaban J connectivity index is 1.77. The summed E-state index contributed by atoms with van der Waals surface area (Å²) in [6.07, 6.45) is 1.82. The van der Waals surface area contributed by atoms with Gasteiger partial charge in [-0.2, -0.15) is 0 Å². The molecule has 2 aliphatic rings. The van der Waals surface area contributed by atoms with Crippen molar-refractivity contribution in [2.24, 2.45) is 10.9 Å². The van der Waals surface area contributed by atoms with Gasteiger partial charge in [-0.3, -0.25) is 24.1 Å². The van der Waals surface area contributed by atoms with Gasteiger partial charge >= 0.3 is 5.97 Å². The Labute approximate surface area is 176 Å². The molecular weight excluding hydrogens is 440 g/mol. The summed E-state index contributed by atoms with van der Waals surface area (Å²) in [5.41, 5.74) is 4.50. The number of rotatable bonds is 9. The van der Waals surface area contributed by atoms with Crippen LogP contribution in [0.2, 0.25) is 0 Å². The van der Waals surface area contributed by atoms with Gasteiger partial charge in [0.2, 0.25) is 6.41 Å². The normalized spacial score (nSPS) is 20.4. The number of aliphatic carboxylic acids is 1. The average molecular weight is 454 g/mol. The zero-order chi connectivity index (χ0) is 21.8. The number of hydrogen-bond acceptors (Lipinski definition) is 10. The van der Waals surface area contributed by atoms with Crippen molar-refractivity contribution in [1.29, 1.82) is 0 Å². The van der Waals surface area contributed by atoms with Crippen LogP contribution < -0.4 is 16.4 Å². The molecule has 158 valence electrons. The smallest absolute Gasteiger partial charge is 0.352 e. The SMILES string of the molecule is NC(=O)CO/N=C(/C(=O)NC1C(=O)N2C(C(=O)O)=CCS[C@H]12)c1csc(NC=O)n1. The molecule has 4 amide bonds. The number of carbonyl (C=O) groups excluding carboxylic acids is 4. The number of thiazole rings is 1. The van der Waals surface area contributed by atoms with Gasteiger partial charge < -0.3 is 26.3 Å². The van der Waals surface area contributed by atoms with Crippen LogP contribution in [-0.2, 0) is 28.8 Å². The molecule has 0 spiro atoms. The number of fused-ring (bicyclic) bond motifs is 1. The van der Waals surface area contributed by atoms with Crippen LogP contribution in [0.15, 0.2) is 22.3 Å². The number of aromatic nitrogens is 1. The number of nitrogens with one attached hydrogen (secondary N) is 2. The summed E-state index contributed by atoms with van der Waals surface area (Å²) in [7, 11) is 0. The maximum absolute atomic E-state index is 12.8. The van der Waals surface area contributed by atoms with Crippen LogP contribution in [0.5, 0.6) is 0 Å². The second-order valence-electron chi connectivity index (χ2n) is 5.76. The first-order chi connectivity index (χ1) is 14.3. The van der Waals surface area contributed by atoms with Crippen molar-refractivity contribution in [2.75, 3.05) is 17.7 Å². The Morgan fingerprint density at radius 2 is 2.23 bits per heavy atom. The number of anilines is 1. The minimum Gasteiger partial charge on any atom is -0.477 e. The maximum Gasteiger partial charge on any atom is 0.352 e. The van der Waals surface area contributed by atoms with Crippen LogP contribution in [0.1, 0.15) is 5.69 Å². The Bertz CT molecular complexity index is 974. The summed E-state index contributed by atoms with van der Waals surface area (Å²) in [5.74, 6) is -3.13. The number of primary amides is 1. The number of β-lactam (4-membered cyclic amide) rings is 1. The number of carbonyl (C=O) groups is 5. The first-order valence-electron chi connectivity index (χ1n) is 8.16. The molecule has 30 heavy (non-hydrogen) atoms. The van der Waals surface area contributed by atoms with E-state index < -0.39 is 41.7 Å². The van der Waals surface area contributed by atoms with Crippen molar-refractivity contribution in [3.8, 4) is 0 Å². The van der Waals surface area contributed by atoms with Gasteiger partial charge in [-0.25, -0.2) is 9.78 Å². The van der Waals surface area contributed by atoms with E-state index in [2.05, 4.69) is 20.8 Å². The van der Waals surface area contributed by atoms with E-state index in [4.69, 9.17) is 10.6 Å². The van der Waals surface area contributed by atoms with Crippen LogP contribution in [-0.4, -0.2) is 74.6 Å². The van der Waals surface area contributed by atoms with Crippen molar-refractivity contribution in [2.45, 2.75) is 11.4 Å². The molecule has 0 aliphatic carbocycles. The molecule has 13 nitrogen and oxygen atoms in total. The number of nitrogens with zero attached hydrogens (tertiary/aromatic N) is 3. The quantitative estimate of drug-likeness (QED) is 0.145. The van der Waals surface area contributed by atoms with E-state index >= 15 is 0 Å². The number of hydrogen-bond donors (Lipinski definition) is 4. The second-order valence-corrected chi connectivity index (χ2v) is 7.77. The standard InChI is InChI=1S/C15H14N6O7S2/c16-8(23)3-28-20-9(6-4-30-15(18-6)17-5-22)11(24)19-10-12(25)21-7(14(26)27)1-2-29-13(10)21/h1,4-5,10,13H,2-3H2,(H2,16,23)(H,19,24)(H,26,27)(H,17,18,22)/b20-9+/t10?,13-/m1/s1. The van der Waals surface area contributed by atoms with Gasteiger partial charge in [0.15, 0.2) is 17.5 Å². The number of amides is 4. The molecular formula is C15H14N6O7S2. The van der Waals surface area contributed by atoms with Crippen LogP contribution in [0.25, 0.3) is 0 Å². The molecule has 1 fully saturated rings. The second kappa shape index (κ2) is 8.91. The Kier molecular flexibility index (Phi) is 6.31. The zero-order valence-corrected chi connectivity index (χ0v) is 16.6. The number of thioether (sulfide) groups is 1. The highest BCUT2D eigenvalue weighted by Crippen LogP contribution is 2.37. The fourth-order valence-electron chi connectivity index (χ4n) is 2.61. The summed E-state index contributed by atoms with van der Waals surface area (Å²) in [4.78, 5) is 67.7. The first-order valence-corrected chi connectivity index (χ1v) is 10.1. The highest BCUT2D eigenvalue weighted by Gasteiger charge is 2.53. The van der Waals surface area contributed by atoms with E-state index in [9.17, 15) is 29.1 Å². The third-order valence-corrected chi connectivity index (χ3v) is 5.82. The molecule has 3 heterocycles. The topological polar surface area (TPSA) is 193 Å². The van der Waals surface area contributed by atoms with Gasteiger partial charge in [-0.05, 0) is 6.08 Å². The van der Waals surface area contributed by atoms with E-state index in [1.807, 2.05) is 0 Å². The molecule has 15 heteroatoms. The van der Waals surface area contributed by atoms with E-state index in [0.29, 0.717) is 12.2 Å². The van der Waals surface area contributed by atoms with Crippen molar-refractivity contribution in [3.05, 3.63) is 22.8 Å². The molecule has 0 radical (unpaired) electrons. The summed E-state index contributed by atoms with van der Waals surface area (Å²) in [6.45, 7) is -0.595. The molecule has 1 unspecified atom stereocenters. The number of carboxylic acid groups (broad SMARTS) is 1. The minimum absolute atomic E-state index is 0.0253. The lowest BCUT2D eigenvalue weighted by Crippen LogP contribution is -2.70. The van der Waals surface area contributed by atoms with Crippen LogP contribution in [0.3, 0.4) is 0 Å². The van der Waals surface area contributed by atoms with E-state index in [-0.39, 0.29) is 22.2 Å². The third kappa shape index (κ3) is 4.25. The Hall–Kier alpha value is -3.46. The molecule has 0 saturated carbocycles. The molecule has 1 saturated heterocycles. The lowest BCUT2D eigenvalue weighted by atomic mass is 10.0. The summed E-state index contributed by atoms with van der Waals surface area (Å²) < 4.78 is 0. The van der Waals surface area contributed by atoms with E-state index in [1.165, 1.54) is 23.2 Å². The monoisotopic (exact) mass is 454 g/mol. The van der Waals surface area contributed by atoms with Gasteiger partial charge in [0.05, 0.1) is 0 Å². The lowest BCUT2D eigenvalue weighted by Gasteiger charge is -2.48. The minimum atomic E-state index is -1.24. The van der Waals surface area contributed by atoms with E-state index in [0.717, 1.165) is 16.2 Å². The lowest BCUT2D eigenvalue weighted by molar-refractivity contribution is -0.150. The third-order valence-electron chi connectivity index (χ3n) is 3.86. The molecule has 5 N–H and O–H groups in total. The van der Waals surface area contributed by atoms with Crippen molar-refractivity contribution in [3.63, 3.8) is 0 Å². The van der Waals surface area contributed by atoms with Crippen LogP contribution in [0, 0.1) is 0 Å². The highest BCUT2D eigenvalue weighted by atomic mass is 32.2. The van der Waals surface area contributed by atoms with Gasteiger partial charge in [-0.15, -0.1) is 23.1 Å². The van der Waals surface area contributed by atoms with Gasteiger partial charge in [0.1, 0.15) is 22.8 Å². The zero-order valence-electron chi connectivity index (χ0n) is 14.9. The van der Waals surface area contributed by atoms with Crippen molar-refractivity contribution >= 4 is 64.0 Å². The fourth-order valence-corrected chi connectivity index (χ4v) is 4.46. The van der Waals surface area contributed by atoms with Crippen molar-refractivity contribution < 1.29 is 33.9 Å². The van der Waals surface area contributed by atoms with Crippen LogP contribution in [0.4, 0.5) is 5.13 Å². The molecule has 0 bridgehead atoms. The van der Waals surface area contributed by atoms with Gasteiger partial charge in [0, 0.05) is 11.1 Å². The van der Waals surface area contributed by atoms with E-state index in [1.54, 1.807) is 0 Å². The molecule has 2 atom stereocenters. The average Bonchev–Trinajstić information content (AvgIpc) is 3.16. The largest absolute Gasteiger partial charge is 0.477 e. The molecule has 3 rings (SSSR count). The highest BCUT2D eigenvalue weighted by molar-refractivity contribution is 8.00. The first kappa shape index (κ1) is 21.3. The summed E-state index contributed by atoms with van der Waals surface area (Å²) in [6, 6.07) is -0.988. The fraction of sp³-hybridized carbons (Fsp3) is 0.267. The van der Waals surface area contributed by atoms with Crippen molar-refractivity contribution in [1.82, 2.24) is 15.2 Å². The molecule has 0 aromatic carbocycles. The van der Waals surface area contributed by atoms with Crippen LogP contribution >= 0.6 is 23.1 Å². The Morgan fingerprint density at radius 1 is 1.47 bits per heavy atom. The van der Waals surface area contributed by atoms with Gasteiger partial charge in [-0.1, -0.05) is 5.16 Å².